The molecule has 3 rings (SSSR count). The lowest BCUT2D eigenvalue weighted by molar-refractivity contribution is 0.574. The van der Waals surface area contributed by atoms with Crippen molar-refractivity contribution >= 4 is 16.3 Å². The normalized spacial score (nSPS) is 15.4. The highest BCUT2D eigenvalue weighted by Crippen LogP contribution is 2.48. The monoisotopic (exact) mass is 415 g/mol. The third kappa shape index (κ3) is 5.01. The van der Waals surface area contributed by atoms with Gasteiger partial charge >= 0.3 is 0 Å². The molecule has 1 aliphatic rings. The predicted molar refractivity (Wildman–Crippen MR) is 137 cm³/mol. The van der Waals surface area contributed by atoms with Crippen molar-refractivity contribution in [3.8, 4) is 10.4 Å². The summed E-state index contributed by atoms with van der Waals surface area (Å²) < 4.78 is 0. The van der Waals surface area contributed by atoms with E-state index in [2.05, 4.69) is 95.2 Å². The maximum Gasteiger partial charge on any atom is 0.0933 e. The number of nitrogens with one attached hydrogen (secondary N) is 1. The van der Waals surface area contributed by atoms with Crippen LogP contribution >= 0.6 is 11.3 Å². The maximum absolute atomic E-state index is 4.02. The van der Waals surface area contributed by atoms with Crippen LogP contribution in [-0.4, -0.2) is 0 Å². The fourth-order valence-corrected chi connectivity index (χ4v) is 4.72. The number of benzene rings is 1. The van der Waals surface area contributed by atoms with Gasteiger partial charge in [0, 0.05) is 16.0 Å². The predicted octanol–water partition coefficient (Wildman–Crippen LogP) is 8.95. The Morgan fingerprint density at radius 1 is 0.933 bits per heavy atom. The summed E-state index contributed by atoms with van der Waals surface area (Å²) in [5.41, 5.74) is 7.48. The Hall–Kier alpha value is -2.84. The molecule has 0 saturated heterocycles. The zero-order valence-electron chi connectivity index (χ0n) is 18.9. The lowest BCUT2D eigenvalue weighted by Gasteiger charge is -2.25. The lowest BCUT2D eigenvalue weighted by atomic mass is 9.79. The minimum absolute atomic E-state index is 0.0451. The van der Waals surface area contributed by atoms with Gasteiger partial charge < -0.3 is 5.32 Å². The van der Waals surface area contributed by atoms with Gasteiger partial charge in [-0.2, -0.15) is 0 Å². The molecule has 2 aromatic rings. The van der Waals surface area contributed by atoms with E-state index in [1.807, 2.05) is 25.1 Å². The van der Waals surface area contributed by atoms with E-state index >= 15 is 0 Å². The van der Waals surface area contributed by atoms with Crippen molar-refractivity contribution in [3.63, 3.8) is 0 Å². The fraction of sp³-hybridized carbons (Fsp3) is 0.214. The van der Waals surface area contributed by atoms with E-state index in [4.69, 9.17) is 0 Å². The summed E-state index contributed by atoms with van der Waals surface area (Å²) in [5, 5.41) is 4.65. The first-order valence-electron chi connectivity index (χ1n) is 10.2. The molecule has 0 atom stereocenters. The Labute approximate surface area is 186 Å². The average molecular weight is 416 g/mol. The van der Waals surface area contributed by atoms with Gasteiger partial charge in [-0.3, -0.25) is 0 Å². The molecule has 0 amide bonds. The minimum Gasteiger partial charge on any atom is -0.347 e. The molecule has 1 aromatic heterocycles. The Balaban J connectivity index is 0.00000101. The third-order valence-electron chi connectivity index (χ3n) is 5.37. The van der Waals surface area contributed by atoms with Crippen molar-refractivity contribution in [1.29, 1.82) is 0 Å². The molecule has 0 saturated carbocycles. The van der Waals surface area contributed by atoms with Crippen LogP contribution in [0.4, 0.5) is 5.00 Å². The van der Waals surface area contributed by atoms with Crippen LogP contribution in [0.3, 0.4) is 0 Å². The van der Waals surface area contributed by atoms with Crippen molar-refractivity contribution < 1.29 is 0 Å². The van der Waals surface area contributed by atoms with Crippen LogP contribution in [0.1, 0.15) is 34.6 Å². The molecular weight excluding hydrogens is 382 g/mol. The molecule has 2 heteroatoms. The zero-order valence-corrected chi connectivity index (χ0v) is 19.7. The van der Waals surface area contributed by atoms with Gasteiger partial charge in [-0.05, 0) is 72.9 Å². The van der Waals surface area contributed by atoms with Crippen molar-refractivity contribution in [3.05, 3.63) is 114 Å². The highest BCUT2D eigenvalue weighted by atomic mass is 32.1. The van der Waals surface area contributed by atoms with E-state index in [1.165, 1.54) is 32.7 Å². The van der Waals surface area contributed by atoms with Crippen LogP contribution in [0.2, 0.25) is 0 Å². The van der Waals surface area contributed by atoms with E-state index in [1.54, 1.807) is 17.4 Å². The first-order valence-corrected chi connectivity index (χ1v) is 11.0. The molecule has 1 aliphatic carbocycles. The molecule has 0 spiro atoms. The zero-order chi connectivity index (χ0) is 22.3. The molecule has 156 valence electrons. The van der Waals surface area contributed by atoms with E-state index in [-0.39, 0.29) is 5.41 Å². The molecule has 0 fully saturated rings. The smallest absolute Gasteiger partial charge is 0.0933 e. The van der Waals surface area contributed by atoms with Crippen LogP contribution in [-0.2, 0) is 0 Å². The van der Waals surface area contributed by atoms with Crippen LogP contribution in [0.15, 0.2) is 114 Å². The van der Waals surface area contributed by atoms with Gasteiger partial charge in [0.25, 0.3) is 0 Å². The van der Waals surface area contributed by atoms with Crippen LogP contribution in [0.25, 0.3) is 10.4 Å². The van der Waals surface area contributed by atoms with Gasteiger partial charge in [0.1, 0.15) is 0 Å². The van der Waals surface area contributed by atoms with Gasteiger partial charge in [0.2, 0.25) is 0 Å². The molecule has 0 unspecified atom stereocenters. The molecule has 1 aromatic carbocycles. The standard InChI is InChI=1S/C25H27NS.C3H6/c1-7-20(16-22-18(4)17(3)21(8-2)25(22,5)6)26-24-15-14-23(27-24)19-12-10-9-11-13-19;1-3-2/h7-16,26H,1-2H2,3-6H3;3H,1H2,2H3/b20-16+;. The molecule has 0 aliphatic heterocycles. The van der Waals surface area contributed by atoms with E-state index in [9.17, 15) is 0 Å². The van der Waals surface area contributed by atoms with Crippen LogP contribution in [0.5, 0.6) is 0 Å². The molecule has 1 heterocycles. The molecule has 0 bridgehead atoms. The Morgan fingerprint density at radius 2 is 1.53 bits per heavy atom. The summed E-state index contributed by atoms with van der Waals surface area (Å²) in [6, 6.07) is 14.8. The Bertz CT molecular complexity index is 1010. The molecular formula is C28H33NS. The van der Waals surface area contributed by atoms with E-state index in [0.29, 0.717) is 0 Å². The Kier molecular flexibility index (Phi) is 8.02. The van der Waals surface area contributed by atoms with E-state index < -0.39 is 0 Å². The molecule has 30 heavy (non-hydrogen) atoms. The molecule has 0 radical (unpaired) electrons. The van der Waals surface area contributed by atoms with Crippen molar-refractivity contribution in [2.75, 3.05) is 5.32 Å². The van der Waals surface area contributed by atoms with Gasteiger partial charge in [-0.1, -0.05) is 69.5 Å². The third-order valence-corrected chi connectivity index (χ3v) is 6.42. The number of anilines is 1. The summed E-state index contributed by atoms with van der Waals surface area (Å²) in [5.74, 6) is 0. The van der Waals surface area contributed by atoms with Gasteiger partial charge in [-0.25, -0.2) is 0 Å². The summed E-state index contributed by atoms with van der Waals surface area (Å²) in [4.78, 5) is 1.25. The van der Waals surface area contributed by atoms with Crippen molar-refractivity contribution in [2.45, 2.75) is 34.6 Å². The number of allylic oxidation sites excluding steroid dienone is 8. The largest absolute Gasteiger partial charge is 0.347 e. The summed E-state index contributed by atoms with van der Waals surface area (Å²) in [6.45, 7) is 22.2. The Morgan fingerprint density at radius 3 is 2.07 bits per heavy atom. The number of hydrogen-bond acceptors (Lipinski definition) is 2. The highest BCUT2D eigenvalue weighted by molar-refractivity contribution is 7.19. The van der Waals surface area contributed by atoms with Gasteiger partial charge in [0.05, 0.1) is 5.00 Å². The number of rotatable bonds is 6. The van der Waals surface area contributed by atoms with Crippen LogP contribution in [0, 0.1) is 5.41 Å². The second-order valence-electron chi connectivity index (χ2n) is 7.77. The first kappa shape index (κ1) is 23.4. The number of thiophene rings is 1. The van der Waals surface area contributed by atoms with Crippen molar-refractivity contribution in [2.24, 2.45) is 5.41 Å². The van der Waals surface area contributed by atoms with E-state index in [0.717, 1.165) is 10.7 Å². The molecule has 1 nitrogen and oxygen atoms in total. The highest BCUT2D eigenvalue weighted by Gasteiger charge is 2.34. The van der Waals surface area contributed by atoms with Gasteiger partial charge in [-0.15, -0.1) is 17.9 Å². The lowest BCUT2D eigenvalue weighted by Crippen LogP contribution is -2.14. The SMILES string of the molecule is C=CC.C=CC1=C(C)C(C)=C(/C=C(\C=C)Nc2ccc(-c3ccccc3)s2)C1(C)C. The topological polar surface area (TPSA) is 12.0 Å². The second kappa shape index (κ2) is 10.3. The minimum atomic E-state index is -0.0451. The first-order chi connectivity index (χ1) is 14.3. The number of hydrogen-bond donors (Lipinski definition) is 1. The van der Waals surface area contributed by atoms with Crippen molar-refractivity contribution in [1.82, 2.24) is 0 Å². The van der Waals surface area contributed by atoms with Gasteiger partial charge in [0.15, 0.2) is 0 Å². The fourth-order valence-electron chi connectivity index (χ4n) is 3.79. The second-order valence-corrected chi connectivity index (χ2v) is 8.86. The quantitative estimate of drug-likeness (QED) is 0.367. The summed E-state index contributed by atoms with van der Waals surface area (Å²) >= 11 is 1.75. The summed E-state index contributed by atoms with van der Waals surface area (Å²) in [6.07, 6.45) is 7.86. The maximum atomic E-state index is 4.02. The summed E-state index contributed by atoms with van der Waals surface area (Å²) in [7, 11) is 0. The molecule has 1 N–H and O–H groups in total. The van der Waals surface area contributed by atoms with Crippen LogP contribution < -0.4 is 5.32 Å². The average Bonchev–Trinajstić information content (AvgIpc) is 3.25.